The Labute approximate surface area is 261 Å². The first-order chi connectivity index (χ1) is 20.2. The third-order valence-electron chi connectivity index (χ3n) is 7.98. The first kappa shape index (κ1) is 29.8. The summed E-state index contributed by atoms with van der Waals surface area (Å²) in [6.45, 7) is 7.06. The van der Waals surface area contributed by atoms with Crippen molar-refractivity contribution in [3.8, 4) is 17.9 Å². The lowest BCUT2D eigenvalue weighted by Gasteiger charge is -2.33. The van der Waals surface area contributed by atoms with Gasteiger partial charge in [-0.15, -0.1) is 0 Å². The van der Waals surface area contributed by atoms with Crippen LogP contribution in [-0.4, -0.2) is 59.2 Å². The summed E-state index contributed by atoms with van der Waals surface area (Å²) < 4.78 is 21.9. The average Bonchev–Trinajstić information content (AvgIpc) is 3.64. The highest BCUT2D eigenvalue weighted by Crippen LogP contribution is 2.44. The van der Waals surface area contributed by atoms with Gasteiger partial charge in [0.15, 0.2) is 5.82 Å². The molecule has 3 aromatic rings. The van der Waals surface area contributed by atoms with Crippen molar-refractivity contribution < 1.29 is 13.9 Å². The van der Waals surface area contributed by atoms with Crippen LogP contribution in [0.3, 0.4) is 0 Å². The van der Waals surface area contributed by atoms with Crippen LogP contribution in [0.2, 0.25) is 5.02 Å². The van der Waals surface area contributed by atoms with Gasteiger partial charge in [0.25, 0.3) is 5.91 Å². The van der Waals surface area contributed by atoms with Crippen LogP contribution in [0.25, 0.3) is 10.9 Å². The predicted molar refractivity (Wildman–Crippen MR) is 166 cm³/mol. The number of nitrogens with one attached hydrogen (secondary N) is 2. The average molecular weight is 700 g/mol. The quantitative estimate of drug-likeness (QED) is 0.277. The molecular weight excluding hydrogens is 672 g/mol. The number of nitriles is 2. The number of likely N-dealkylation sites (tertiary alicyclic amines) is 1. The van der Waals surface area contributed by atoms with Crippen molar-refractivity contribution >= 4 is 56.8 Å². The van der Waals surface area contributed by atoms with E-state index in [0.29, 0.717) is 34.7 Å². The number of aromatic nitrogens is 2. The van der Waals surface area contributed by atoms with Gasteiger partial charge in [-0.3, -0.25) is 14.8 Å². The molecular formula is C30H28ClFIN7O2. The number of allylic oxidation sites excluding steroid dienone is 4. The van der Waals surface area contributed by atoms with E-state index in [2.05, 4.69) is 32.6 Å². The van der Waals surface area contributed by atoms with Gasteiger partial charge in [0.1, 0.15) is 18.2 Å². The number of amides is 1. The molecule has 1 fully saturated rings. The summed E-state index contributed by atoms with van der Waals surface area (Å²) in [6.07, 6.45) is 2.42. The molecule has 2 aliphatic rings. The van der Waals surface area contributed by atoms with Gasteiger partial charge in [0.05, 0.1) is 48.9 Å². The molecule has 1 saturated heterocycles. The van der Waals surface area contributed by atoms with Crippen LogP contribution >= 0.6 is 34.2 Å². The SMILES string of the molecule is CC1=C(C#N)C(c2cc3c(NC(=O)c4ccc(OCCN5CCCC5)cc4Cl)n[nH]c3c(I)c2F)C(C#N)=C(C)N1C. The summed E-state index contributed by atoms with van der Waals surface area (Å²) in [7, 11) is 1.76. The van der Waals surface area contributed by atoms with Gasteiger partial charge in [-0.1, -0.05) is 11.6 Å². The predicted octanol–water partition coefficient (Wildman–Crippen LogP) is 6.31. The normalized spacial score (nSPS) is 16.2. The van der Waals surface area contributed by atoms with Gasteiger partial charge >= 0.3 is 0 Å². The fourth-order valence-electron chi connectivity index (χ4n) is 5.44. The van der Waals surface area contributed by atoms with Crippen LogP contribution in [0.15, 0.2) is 46.8 Å². The van der Waals surface area contributed by atoms with Gasteiger partial charge in [0.2, 0.25) is 0 Å². The Morgan fingerprint density at radius 3 is 2.50 bits per heavy atom. The number of rotatable bonds is 7. The van der Waals surface area contributed by atoms with Crippen molar-refractivity contribution in [3.05, 3.63) is 72.3 Å². The van der Waals surface area contributed by atoms with Gasteiger partial charge in [0, 0.05) is 35.9 Å². The Hall–Kier alpha value is -3.65. The van der Waals surface area contributed by atoms with E-state index in [1.165, 1.54) is 18.9 Å². The van der Waals surface area contributed by atoms with Crippen LogP contribution in [0, 0.1) is 32.0 Å². The topological polar surface area (TPSA) is 121 Å². The highest BCUT2D eigenvalue weighted by atomic mass is 127. The molecule has 42 heavy (non-hydrogen) atoms. The van der Waals surface area contributed by atoms with Crippen LogP contribution < -0.4 is 10.1 Å². The number of carbonyl (C=O) groups is 1. The van der Waals surface area contributed by atoms with E-state index in [1.807, 2.05) is 22.6 Å². The lowest BCUT2D eigenvalue weighted by Crippen LogP contribution is -2.26. The third-order valence-corrected chi connectivity index (χ3v) is 9.30. The molecule has 1 aromatic heterocycles. The Morgan fingerprint density at radius 2 is 1.88 bits per heavy atom. The number of benzene rings is 2. The standard InChI is InChI=1S/C30H28ClFIN7O2/c1-16-22(14-34)25(23(15-35)17(2)39(16)3)20-13-21-28(27(33)26(20)32)37-38-29(21)36-30(41)19-7-6-18(12-24(19)31)42-11-10-40-8-4-5-9-40/h6-7,12-13,25H,4-5,8-11H2,1-3H3,(H2,36,37,38,41). The monoisotopic (exact) mass is 699 g/mol. The maximum atomic E-state index is 15.8. The Kier molecular flexibility index (Phi) is 8.73. The number of aromatic amines is 1. The zero-order valence-corrected chi connectivity index (χ0v) is 26.2. The van der Waals surface area contributed by atoms with Gasteiger partial charge in [-0.2, -0.15) is 15.6 Å². The minimum atomic E-state index is -0.903. The number of H-pyrrole nitrogens is 1. The number of hydrogen-bond acceptors (Lipinski definition) is 7. The van der Waals surface area contributed by atoms with Crippen LogP contribution in [-0.2, 0) is 0 Å². The van der Waals surface area contributed by atoms with E-state index in [9.17, 15) is 15.3 Å². The highest BCUT2D eigenvalue weighted by Gasteiger charge is 2.35. The summed E-state index contributed by atoms with van der Waals surface area (Å²) >= 11 is 8.32. The van der Waals surface area contributed by atoms with Crippen molar-refractivity contribution in [2.45, 2.75) is 32.6 Å². The van der Waals surface area contributed by atoms with Gasteiger partial charge < -0.3 is 15.0 Å². The maximum absolute atomic E-state index is 15.8. The van der Waals surface area contributed by atoms with Crippen LogP contribution in [0.4, 0.5) is 10.2 Å². The second-order valence-corrected chi connectivity index (χ2v) is 11.8. The molecule has 0 spiro atoms. The van der Waals surface area contributed by atoms with Crippen LogP contribution in [0.1, 0.15) is 48.5 Å². The second kappa shape index (κ2) is 12.3. The molecule has 1 amide bonds. The zero-order valence-electron chi connectivity index (χ0n) is 23.3. The molecule has 2 aromatic carbocycles. The first-order valence-electron chi connectivity index (χ1n) is 13.4. The number of carbonyl (C=O) groups excluding carboxylic acids is 1. The molecule has 0 atom stereocenters. The lowest BCUT2D eigenvalue weighted by molar-refractivity contribution is 0.102. The molecule has 0 radical (unpaired) electrons. The molecule has 2 N–H and O–H groups in total. The van der Waals surface area contributed by atoms with E-state index in [1.54, 1.807) is 44.0 Å². The molecule has 216 valence electrons. The van der Waals surface area contributed by atoms with Gasteiger partial charge in [-0.25, -0.2) is 4.39 Å². The summed E-state index contributed by atoms with van der Waals surface area (Å²) in [4.78, 5) is 17.4. The highest BCUT2D eigenvalue weighted by molar-refractivity contribution is 14.1. The van der Waals surface area contributed by atoms with Crippen molar-refractivity contribution in [2.75, 3.05) is 38.6 Å². The van der Waals surface area contributed by atoms with Crippen molar-refractivity contribution in [1.29, 1.82) is 10.5 Å². The summed E-state index contributed by atoms with van der Waals surface area (Å²) in [6, 6.07) is 10.8. The fourth-order valence-corrected chi connectivity index (χ4v) is 6.42. The minimum Gasteiger partial charge on any atom is -0.492 e. The second-order valence-electron chi connectivity index (χ2n) is 10.3. The molecule has 0 saturated carbocycles. The Morgan fingerprint density at radius 1 is 1.21 bits per heavy atom. The lowest BCUT2D eigenvalue weighted by atomic mass is 9.80. The van der Waals surface area contributed by atoms with E-state index < -0.39 is 17.6 Å². The van der Waals surface area contributed by atoms with Crippen molar-refractivity contribution in [1.82, 2.24) is 20.0 Å². The molecule has 3 heterocycles. The fraction of sp³-hybridized carbons (Fsp3) is 0.333. The molecule has 0 bridgehead atoms. The van der Waals surface area contributed by atoms with Crippen molar-refractivity contribution in [3.63, 3.8) is 0 Å². The zero-order chi connectivity index (χ0) is 30.1. The number of nitrogens with zero attached hydrogens (tertiary/aromatic N) is 5. The Balaban J connectivity index is 1.44. The molecule has 0 aliphatic carbocycles. The largest absolute Gasteiger partial charge is 0.492 e. The molecule has 0 unspecified atom stereocenters. The Bertz CT molecular complexity index is 1690. The number of anilines is 1. The minimum absolute atomic E-state index is 0.150. The molecule has 2 aliphatic heterocycles. The third kappa shape index (κ3) is 5.44. The van der Waals surface area contributed by atoms with Crippen LogP contribution in [0.5, 0.6) is 5.75 Å². The molecule has 12 heteroatoms. The van der Waals surface area contributed by atoms with Crippen molar-refractivity contribution in [2.24, 2.45) is 0 Å². The van der Waals surface area contributed by atoms with Gasteiger partial charge in [-0.05, 0) is 86.6 Å². The van der Waals surface area contributed by atoms with E-state index in [-0.39, 0.29) is 36.7 Å². The maximum Gasteiger partial charge on any atom is 0.258 e. The van der Waals surface area contributed by atoms with E-state index >= 15 is 4.39 Å². The molecule has 5 rings (SSSR count). The first-order valence-corrected chi connectivity index (χ1v) is 14.9. The number of ether oxygens (including phenoxy) is 1. The van der Waals surface area contributed by atoms with E-state index in [4.69, 9.17) is 16.3 Å². The smallest absolute Gasteiger partial charge is 0.258 e. The van der Waals surface area contributed by atoms with E-state index in [0.717, 1.165) is 19.6 Å². The summed E-state index contributed by atoms with van der Waals surface area (Å²) in [5, 5.41) is 30.5. The molecule has 9 nitrogen and oxygen atoms in total. The summed E-state index contributed by atoms with van der Waals surface area (Å²) in [5.74, 6) is -1.23. The number of hydrogen-bond donors (Lipinski definition) is 2. The number of fused-ring (bicyclic) bond motifs is 1. The number of halogens is 3. The summed E-state index contributed by atoms with van der Waals surface area (Å²) in [5.41, 5.74) is 2.57.